The third-order valence-electron chi connectivity index (χ3n) is 4.29. The monoisotopic (exact) mass is 390 g/mol. The van der Waals surface area contributed by atoms with Gasteiger partial charge < -0.3 is 20.3 Å². The van der Waals surface area contributed by atoms with Crippen LogP contribution in [-0.4, -0.2) is 51.3 Å². The first-order valence-corrected chi connectivity index (χ1v) is 8.40. The second-order valence-corrected chi connectivity index (χ2v) is 6.32. The number of benzene rings is 1. The van der Waals surface area contributed by atoms with Crippen molar-refractivity contribution in [2.75, 3.05) is 18.6 Å². The molecule has 1 atom stereocenters. The number of aromatic nitrogens is 2. The molecule has 3 N–H and O–H groups in total. The molecule has 0 spiro atoms. The van der Waals surface area contributed by atoms with Crippen LogP contribution < -0.4 is 15.4 Å². The Morgan fingerprint density at radius 3 is 3.00 bits per heavy atom. The lowest BCUT2D eigenvalue weighted by molar-refractivity contribution is -0.118. The van der Waals surface area contributed by atoms with Crippen molar-refractivity contribution in [1.29, 1.82) is 0 Å². The van der Waals surface area contributed by atoms with Gasteiger partial charge in [0.1, 0.15) is 18.3 Å². The topological polar surface area (TPSA) is 103 Å². The van der Waals surface area contributed by atoms with E-state index in [0.29, 0.717) is 23.7 Å². The first kappa shape index (κ1) is 17.8. The van der Waals surface area contributed by atoms with Crippen LogP contribution in [0.25, 0.3) is 0 Å². The molecule has 0 saturated heterocycles. The van der Waals surface area contributed by atoms with Gasteiger partial charge in [0.15, 0.2) is 11.6 Å². The summed E-state index contributed by atoms with van der Waals surface area (Å²) in [4.78, 5) is 27.8. The summed E-state index contributed by atoms with van der Waals surface area (Å²) >= 11 is 0. The lowest BCUT2D eigenvalue weighted by Gasteiger charge is -2.22. The summed E-state index contributed by atoms with van der Waals surface area (Å²) in [6, 6.07) is 2.28. The van der Waals surface area contributed by atoms with Gasteiger partial charge in [0.2, 0.25) is 5.88 Å². The molecule has 2 aliphatic heterocycles. The molecule has 0 bridgehead atoms. The quantitative estimate of drug-likeness (QED) is 0.734. The van der Waals surface area contributed by atoms with Crippen LogP contribution in [0, 0.1) is 11.6 Å². The summed E-state index contributed by atoms with van der Waals surface area (Å²) in [5.41, 5.74) is 0.970. The molecule has 0 saturated carbocycles. The molecule has 3 heterocycles. The van der Waals surface area contributed by atoms with E-state index in [1.54, 1.807) is 11.1 Å². The van der Waals surface area contributed by atoms with E-state index < -0.39 is 29.6 Å². The zero-order valence-corrected chi connectivity index (χ0v) is 14.5. The number of H-pyrrole nitrogens is 1. The van der Waals surface area contributed by atoms with Crippen LogP contribution in [0.2, 0.25) is 0 Å². The van der Waals surface area contributed by atoms with Gasteiger partial charge in [0.25, 0.3) is 5.91 Å². The van der Waals surface area contributed by atoms with E-state index in [4.69, 9.17) is 4.74 Å². The number of nitrogens with one attached hydrogen (secondary N) is 3. The molecule has 0 unspecified atom stereocenters. The molecule has 11 heteroatoms. The standard InChI is InChI=1S/C17H16F2N6O3/c18-11-2-1-10(5-12(11)19)7-24-3-4-25(9-24)17(27)22-14-8-28-16-13(6-20-23-16)21-15(14)26/h1-6,14H,7-9H2,(H,20,23)(H,21,26)(H,22,27)/t14-/m0/s1. The summed E-state index contributed by atoms with van der Waals surface area (Å²) in [7, 11) is 0. The number of hydrogen-bond donors (Lipinski definition) is 3. The van der Waals surface area contributed by atoms with Crippen LogP contribution >= 0.6 is 0 Å². The minimum absolute atomic E-state index is 0.0527. The van der Waals surface area contributed by atoms with E-state index in [2.05, 4.69) is 20.8 Å². The fraction of sp³-hybridized carbons (Fsp3) is 0.235. The molecule has 1 aromatic heterocycles. The summed E-state index contributed by atoms with van der Waals surface area (Å²) in [6.45, 7) is 0.442. The van der Waals surface area contributed by atoms with Gasteiger partial charge in [-0.2, -0.15) is 5.10 Å². The average Bonchev–Trinajstić information content (AvgIpc) is 3.28. The van der Waals surface area contributed by atoms with E-state index in [1.807, 2.05) is 0 Å². The summed E-state index contributed by atoms with van der Waals surface area (Å²) in [5, 5.41) is 11.6. The molecule has 0 aliphatic carbocycles. The van der Waals surface area contributed by atoms with Gasteiger partial charge in [-0.15, -0.1) is 0 Å². The number of urea groups is 1. The third-order valence-corrected chi connectivity index (χ3v) is 4.29. The Hall–Kier alpha value is -3.63. The number of carbonyl (C=O) groups excluding carboxylic acids is 2. The Kier molecular flexibility index (Phi) is 4.55. The maximum absolute atomic E-state index is 13.3. The van der Waals surface area contributed by atoms with Crippen molar-refractivity contribution in [3.8, 4) is 5.88 Å². The smallest absolute Gasteiger partial charge is 0.323 e. The van der Waals surface area contributed by atoms with Crippen molar-refractivity contribution in [2.45, 2.75) is 12.6 Å². The van der Waals surface area contributed by atoms with Crippen LogP contribution in [0.1, 0.15) is 5.56 Å². The first-order chi connectivity index (χ1) is 13.5. The molecule has 28 heavy (non-hydrogen) atoms. The number of rotatable bonds is 3. The van der Waals surface area contributed by atoms with Gasteiger partial charge in [-0.3, -0.25) is 9.69 Å². The maximum Gasteiger partial charge on any atom is 0.323 e. The van der Waals surface area contributed by atoms with Crippen molar-refractivity contribution >= 4 is 17.6 Å². The lowest BCUT2D eigenvalue weighted by atomic mass is 10.2. The molecule has 3 amide bonds. The van der Waals surface area contributed by atoms with Gasteiger partial charge in [0.05, 0.1) is 12.9 Å². The Morgan fingerprint density at radius 2 is 2.18 bits per heavy atom. The van der Waals surface area contributed by atoms with Crippen LogP contribution in [0.15, 0.2) is 36.8 Å². The molecule has 2 aromatic rings. The normalized spacial score (nSPS) is 18.4. The Balaban J connectivity index is 1.32. The molecule has 0 fully saturated rings. The van der Waals surface area contributed by atoms with E-state index in [9.17, 15) is 18.4 Å². The zero-order valence-electron chi connectivity index (χ0n) is 14.5. The predicted octanol–water partition coefficient (Wildman–Crippen LogP) is 1.34. The molecular weight excluding hydrogens is 374 g/mol. The molecule has 2 aliphatic rings. The van der Waals surface area contributed by atoms with E-state index in [1.165, 1.54) is 23.4 Å². The van der Waals surface area contributed by atoms with Gasteiger partial charge in [0, 0.05) is 18.9 Å². The van der Waals surface area contributed by atoms with Crippen LogP contribution in [0.3, 0.4) is 0 Å². The zero-order chi connectivity index (χ0) is 19.7. The number of anilines is 1. The number of nitrogens with zero attached hydrogens (tertiary/aromatic N) is 3. The number of hydrogen-bond acceptors (Lipinski definition) is 5. The van der Waals surface area contributed by atoms with Gasteiger partial charge in [-0.05, 0) is 17.7 Å². The Morgan fingerprint density at radius 1 is 1.32 bits per heavy atom. The van der Waals surface area contributed by atoms with E-state index >= 15 is 0 Å². The Bertz CT molecular complexity index is 947. The SMILES string of the molecule is O=C1Nc2cn[nH]c2OC[C@@H]1NC(=O)N1C=CN(Cc2ccc(F)c(F)c2)C1. The van der Waals surface area contributed by atoms with Crippen molar-refractivity contribution < 1.29 is 23.1 Å². The fourth-order valence-corrected chi connectivity index (χ4v) is 2.85. The Labute approximate surface area is 157 Å². The van der Waals surface area contributed by atoms with Crippen molar-refractivity contribution in [3.05, 3.63) is 54.0 Å². The number of aromatic amines is 1. The number of fused-ring (bicyclic) bond motifs is 1. The van der Waals surface area contributed by atoms with Crippen LogP contribution in [0.5, 0.6) is 5.88 Å². The molecule has 4 rings (SSSR count). The molecule has 146 valence electrons. The average molecular weight is 390 g/mol. The second kappa shape index (κ2) is 7.18. The number of amides is 3. The number of ether oxygens (including phenoxy) is 1. The molecule has 1 aromatic carbocycles. The van der Waals surface area contributed by atoms with Crippen LogP contribution in [0.4, 0.5) is 19.3 Å². The van der Waals surface area contributed by atoms with Gasteiger partial charge in [-0.25, -0.2) is 18.7 Å². The number of carbonyl (C=O) groups is 2. The third kappa shape index (κ3) is 3.59. The van der Waals surface area contributed by atoms with Crippen molar-refractivity contribution in [3.63, 3.8) is 0 Å². The maximum atomic E-state index is 13.3. The van der Waals surface area contributed by atoms with Gasteiger partial charge >= 0.3 is 6.03 Å². The van der Waals surface area contributed by atoms with E-state index in [-0.39, 0.29) is 13.3 Å². The fourth-order valence-electron chi connectivity index (χ4n) is 2.85. The first-order valence-electron chi connectivity index (χ1n) is 8.40. The second-order valence-electron chi connectivity index (χ2n) is 6.32. The number of halogens is 2. The van der Waals surface area contributed by atoms with Crippen LogP contribution in [-0.2, 0) is 11.3 Å². The molecule has 0 radical (unpaired) electrons. The minimum atomic E-state index is -0.922. The summed E-state index contributed by atoms with van der Waals surface area (Å²) < 4.78 is 31.8. The van der Waals surface area contributed by atoms with Gasteiger partial charge in [-0.1, -0.05) is 6.07 Å². The molecular formula is C17H16F2N6O3. The lowest BCUT2D eigenvalue weighted by Crippen LogP contribution is -2.50. The highest BCUT2D eigenvalue weighted by atomic mass is 19.2. The highest BCUT2D eigenvalue weighted by Gasteiger charge is 2.29. The van der Waals surface area contributed by atoms with Crippen molar-refractivity contribution in [2.24, 2.45) is 0 Å². The largest absolute Gasteiger partial charge is 0.474 e. The molecule has 9 nitrogen and oxygen atoms in total. The summed E-state index contributed by atoms with van der Waals surface area (Å²) in [6.07, 6.45) is 4.61. The minimum Gasteiger partial charge on any atom is -0.474 e. The highest BCUT2D eigenvalue weighted by molar-refractivity contribution is 5.98. The summed E-state index contributed by atoms with van der Waals surface area (Å²) in [5.74, 6) is -1.93. The van der Waals surface area contributed by atoms with Crippen molar-refractivity contribution in [1.82, 2.24) is 25.3 Å². The highest BCUT2D eigenvalue weighted by Crippen LogP contribution is 2.23. The predicted molar refractivity (Wildman–Crippen MR) is 92.8 cm³/mol. The van der Waals surface area contributed by atoms with E-state index in [0.717, 1.165) is 12.1 Å².